The van der Waals surface area contributed by atoms with Crippen molar-refractivity contribution in [2.45, 2.75) is 22.9 Å². The Hall–Kier alpha value is -3.94. The molecule has 4 heterocycles. The zero-order chi connectivity index (χ0) is 28.3. The molecular weight excluding hydrogens is 581 g/mol. The number of oxime groups is 1. The Morgan fingerprint density at radius 1 is 1.44 bits per heavy atom. The number of rotatable bonds is 10. The third-order valence-electron chi connectivity index (χ3n) is 5.32. The highest BCUT2D eigenvalue weighted by molar-refractivity contribution is 8.00. The van der Waals surface area contributed by atoms with Crippen LogP contribution in [-0.2, 0) is 35.9 Å². The van der Waals surface area contributed by atoms with Gasteiger partial charge in [-0.15, -0.1) is 11.8 Å². The zero-order valence-corrected chi connectivity index (χ0v) is 21.9. The summed E-state index contributed by atoms with van der Waals surface area (Å²) in [5, 5.41) is 14.9. The summed E-state index contributed by atoms with van der Waals surface area (Å²) < 4.78 is 49.6. The summed E-state index contributed by atoms with van der Waals surface area (Å²) >= 11 is 1.96. The maximum atomic E-state index is 12.9. The van der Waals surface area contributed by atoms with Crippen molar-refractivity contribution in [3.63, 3.8) is 0 Å². The van der Waals surface area contributed by atoms with Crippen molar-refractivity contribution >= 4 is 62.0 Å². The van der Waals surface area contributed by atoms with Crippen molar-refractivity contribution in [3.05, 3.63) is 53.8 Å². The van der Waals surface area contributed by atoms with E-state index in [2.05, 4.69) is 24.7 Å². The van der Waals surface area contributed by atoms with Gasteiger partial charge in [-0.25, -0.2) is 13.8 Å². The van der Waals surface area contributed by atoms with Crippen LogP contribution >= 0.6 is 23.3 Å². The maximum absolute atomic E-state index is 12.9. The van der Waals surface area contributed by atoms with Crippen LogP contribution in [0.3, 0.4) is 0 Å². The minimum Gasteiger partial charge on any atom is -0.477 e. The fraction of sp³-hybridized carbons (Fsp3) is 0.250. The highest BCUT2D eigenvalue weighted by atomic mass is 32.2. The molecule has 39 heavy (non-hydrogen) atoms. The van der Waals surface area contributed by atoms with Gasteiger partial charge < -0.3 is 21.0 Å². The van der Waals surface area contributed by atoms with Crippen LogP contribution in [0.15, 0.2) is 58.0 Å². The average Bonchev–Trinajstić information content (AvgIpc) is 3.32. The molecule has 19 heteroatoms. The molecular formula is C20H19FN7O8S3+. The van der Waals surface area contributed by atoms with Crippen LogP contribution < -0.4 is 15.6 Å². The first kappa shape index (κ1) is 28.1. The number of fused-ring (bicyclic) bond motifs is 1. The smallest absolute Gasteiger partial charge is 0.352 e. The summed E-state index contributed by atoms with van der Waals surface area (Å²) in [5.41, 5.74) is 5.05. The van der Waals surface area contributed by atoms with E-state index in [9.17, 15) is 36.9 Å². The minimum atomic E-state index is -4.39. The molecule has 2 aromatic rings. The van der Waals surface area contributed by atoms with Crippen molar-refractivity contribution in [1.82, 2.24) is 19.6 Å². The monoisotopic (exact) mass is 600 g/mol. The second-order valence-electron chi connectivity index (χ2n) is 7.79. The lowest BCUT2D eigenvalue weighted by Crippen LogP contribution is -2.71. The van der Waals surface area contributed by atoms with E-state index in [0.29, 0.717) is 5.57 Å². The number of allylic oxidation sites excluding steroid dienone is 2. The van der Waals surface area contributed by atoms with Crippen LogP contribution in [-0.4, -0.2) is 79.9 Å². The van der Waals surface area contributed by atoms with Crippen molar-refractivity contribution < 1.29 is 46.3 Å². The summed E-state index contributed by atoms with van der Waals surface area (Å²) in [6.45, 7) is -1.20. The standard InChI is InChI=1S/C20H18FN7O8S3/c21-9-36-25-12(15-24-20(22)38-26-15)16(29)23-13-17(30)28-14(19(31)32)10(8-37-18(13)28)3-1-5-27-6-2-4-11(7-27)39(33,34)35/h1-4,6-7,13,18H,5,8-9H2,(H4-,22,23,24,26,29,31,32,33,34,35)/p+1/b3-1+,25-12-/t13-,18+/m1/s1. The summed E-state index contributed by atoms with van der Waals surface area (Å²) in [7, 11) is -4.39. The number of nitrogen functional groups attached to an aromatic ring is 1. The van der Waals surface area contributed by atoms with Gasteiger partial charge in [0.2, 0.25) is 11.5 Å². The third-order valence-corrected chi connectivity index (χ3v) is 8.01. The van der Waals surface area contributed by atoms with Crippen LogP contribution in [0.2, 0.25) is 0 Å². The number of β-lactam (4-membered cyclic amide) rings is 1. The van der Waals surface area contributed by atoms with Gasteiger partial charge in [-0.3, -0.25) is 19.0 Å². The molecule has 5 N–H and O–H groups in total. The highest BCUT2D eigenvalue weighted by Gasteiger charge is 2.54. The first-order valence-corrected chi connectivity index (χ1v) is 14.0. The highest BCUT2D eigenvalue weighted by Crippen LogP contribution is 2.40. The van der Waals surface area contributed by atoms with E-state index in [1.54, 1.807) is 12.3 Å². The van der Waals surface area contributed by atoms with Crippen LogP contribution in [0.5, 0.6) is 0 Å². The summed E-state index contributed by atoms with van der Waals surface area (Å²) in [5.74, 6) is -3.07. The lowest BCUT2D eigenvalue weighted by molar-refractivity contribution is -0.688. The number of aliphatic carboxylic acids is 1. The summed E-state index contributed by atoms with van der Waals surface area (Å²) in [6.07, 6.45) is 5.82. The lowest BCUT2D eigenvalue weighted by atomic mass is 10.0. The molecule has 0 saturated carbocycles. The van der Waals surface area contributed by atoms with E-state index in [1.165, 1.54) is 40.7 Å². The maximum Gasteiger partial charge on any atom is 0.352 e. The number of amides is 2. The number of hydrogen-bond acceptors (Lipinski definition) is 12. The Morgan fingerprint density at radius 2 is 2.21 bits per heavy atom. The van der Waals surface area contributed by atoms with Crippen molar-refractivity contribution in [2.75, 3.05) is 18.3 Å². The SMILES string of the molecule is Nc1nc(/C(=N/OCF)C(=O)N[C@@H]2C(=O)N3C(C(=O)O)=C(/C=C/C[n+]4cccc(S(=O)(=O)O)c4)CS[C@@H]23)ns1. The molecule has 1 fully saturated rings. The third kappa shape index (κ3) is 6.05. The van der Waals surface area contributed by atoms with E-state index in [0.717, 1.165) is 16.4 Å². The number of carboxylic acid groups (broad SMARTS) is 1. The Labute approximate surface area is 227 Å². The van der Waals surface area contributed by atoms with Gasteiger partial charge in [0, 0.05) is 23.4 Å². The molecule has 206 valence electrons. The first-order valence-electron chi connectivity index (χ1n) is 10.7. The Balaban J connectivity index is 1.49. The number of halogens is 1. The van der Waals surface area contributed by atoms with Gasteiger partial charge >= 0.3 is 5.97 Å². The molecule has 2 aliphatic rings. The number of alkyl halides is 1. The van der Waals surface area contributed by atoms with Crippen molar-refractivity contribution in [3.8, 4) is 0 Å². The first-order chi connectivity index (χ1) is 18.5. The van der Waals surface area contributed by atoms with Gasteiger partial charge in [-0.05, 0) is 17.7 Å². The van der Waals surface area contributed by atoms with Gasteiger partial charge in [0.25, 0.3) is 28.8 Å². The van der Waals surface area contributed by atoms with E-state index < -0.39 is 51.9 Å². The average molecular weight is 601 g/mol. The van der Waals surface area contributed by atoms with E-state index in [1.807, 2.05) is 0 Å². The van der Waals surface area contributed by atoms with Crippen LogP contribution in [0, 0.1) is 0 Å². The normalized spacial score (nSPS) is 19.6. The van der Waals surface area contributed by atoms with Crippen molar-refractivity contribution in [2.24, 2.45) is 5.16 Å². The summed E-state index contributed by atoms with van der Waals surface area (Å²) in [4.78, 5) is 46.6. The fourth-order valence-electron chi connectivity index (χ4n) is 3.67. The fourth-order valence-corrected chi connectivity index (χ4v) is 5.94. The molecule has 0 spiro atoms. The van der Waals surface area contributed by atoms with E-state index in [-0.39, 0.29) is 33.8 Å². The molecule has 0 aliphatic carbocycles. The number of nitrogens with zero attached hydrogens (tertiary/aromatic N) is 5. The van der Waals surface area contributed by atoms with Gasteiger partial charge in [-0.1, -0.05) is 11.2 Å². The molecule has 15 nitrogen and oxygen atoms in total. The second-order valence-corrected chi connectivity index (χ2v) is 11.1. The predicted octanol–water partition coefficient (Wildman–Crippen LogP) is -0.703. The number of carbonyl (C=O) groups is 3. The van der Waals surface area contributed by atoms with E-state index >= 15 is 0 Å². The number of carbonyl (C=O) groups excluding carboxylic acids is 2. The van der Waals surface area contributed by atoms with Crippen LogP contribution in [0.1, 0.15) is 5.82 Å². The zero-order valence-electron chi connectivity index (χ0n) is 19.5. The molecule has 1 saturated heterocycles. The van der Waals surface area contributed by atoms with Gasteiger partial charge in [-0.2, -0.15) is 17.8 Å². The number of nitrogens with one attached hydrogen (secondary N) is 1. The second kappa shape index (κ2) is 11.4. The van der Waals surface area contributed by atoms with Gasteiger partial charge in [0.05, 0.1) is 0 Å². The number of carboxylic acids is 1. The number of nitrogens with two attached hydrogens (primary N) is 1. The lowest BCUT2D eigenvalue weighted by Gasteiger charge is -2.49. The number of anilines is 1. The number of aromatic nitrogens is 3. The topological polar surface area (TPSA) is 218 Å². The number of thioether (sulfide) groups is 1. The molecule has 4 rings (SSSR count). The van der Waals surface area contributed by atoms with Gasteiger partial charge in [0.1, 0.15) is 17.1 Å². The summed E-state index contributed by atoms with van der Waals surface area (Å²) in [6, 6.07) is 1.52. The molecule has 0 aromatic carbocycles. The Kier molecular flexibility index (Phi) is 8.23. The van der Waals surface area contributed by atoms with Crippen LogP contribution in [0.25, 0.3) is 0 Å². The van der Waals surface area contributed by atoms with Gasteiger partial charge in [0.15, 0.2) is 29.0 Å². The molecule has 2 amide bonds. The predicted molar refractivity (Wildman–Crippen MR) is 133 cm³/mol. The van der Waals surface area contributed by atoms with Crippen LogP contribution in [0.4, 0.5) is 9.52 Å². The molecule has 0 unspecified atom stereocenters. The quantitative estimate of drug-likeness (QED) is 0.0875. The Morgan fingerprint density at radius 3 is 2.85 bits per heavy atom. The molecule has 2 aromatic heterocycles. The Bertz CT molecular complexity index is 1520. The van der Waals surface area contributed by atoms with Crippen molar-refractivity contribution in [1.29, 1.82) is 0 Å². The number of hydrogen-bond donors (Lipinski definition) is 4. The minimum absolute atomic E-state index is 0.0147. The molecule has 2 atom stereocenters. The van der Waals surface area contributed by atoms with E-state index in [4.69, 9.17) is 5.73 Å². The number of pyridine rings is 1. The molecule has 2 aliphatic heterocycles. The molecule has 0 radical (unpaired) electrons. The molecule has 0 bridgehead atoms. The largest absolute Gasteiger partial charge is 0.477 e.